The van der Waals surface area contributed by atoms with Crippen LogP contribution in [0.25, 0.3) is 0 Å². The Hall–Kier alpha value is -1.27. The van der Waals surface area contributed by atoms with Crippen LogP contribution in [0.2, 0.25) is 0 Å². The van der Waals surface area contributed by atoms with E-state index in [2.05, 4.69) is 25.6 Å². The minimum atomic E-state index is -3.60. The van der Waals surface area contributed by atoms with Crippen molar-refractivity contribution >= 4 is 37.3 Å². The summed E-state index contributed by atoms with van der Waals surface area (Å²) in [6.45, 7) is 0.221. The molecule has 0 aliphatic rings. The Labute approximate surface area is 123 Å². The lowest BCUT2D eigenvalue weighted by atomic mass is 10.4. The van der Waals surface area contributed by atoms with Crippen LogP contribution in [0.4, 0.5) is 0 Å². The van der Waals surface area contributed by atoms with E-state index in [0.717, 1.165) is 8.66 Å². The van der Waals surface area contributed by atoms with Crippen LogP contribution in [0.3, 0.4) is 0 Å². The highest BCUT2D eigenvalue weighted by molar-refractivity contribution is 9.11. The Balaban J connectivity index is 2.11. The fourth-order valence-electron chi connectivity index (χ4n) is 1.30. The molecule has 2 aromatic rings. The summed E-state index contributed by atoms with van der Waals surface area (Å²) in [5.41, 5.74) is 0.182. The largest absolute Gasteiger partial charge is 0.244 e. The first kappa shape index (κ1) is 14.1. The summed E-state index contributed by atoms with van der Waals surface area (Å²) < 4.78 is 27.4. The molecule has 0 aliphatic carbocycles. The van der Waals surface area contributed by atoms with E-state index in [1.807, 2.05) is 18.2 Å². The van der Waals surface area contributed by atoms with Crippen molar-refractivity contribution in [2.24, 2.45) is 0 Å². The van der Waals surface area contributed by atoms with E-state index in [-0.39, 0.29) is 17.1 Å². The molecule has 2 rings (SSSR count). The molecule has 0 aliphatic heterocycles. The molecule has 0 bridgehead atoms. The van der Waals surface area contributed by atoms with E-state index in [1.165, 1.54) is 29.7 Å². The number of aromatic nitrogens is 1. The van der Waals surface area contributed by atoms with E-state index in [9.17, 15) is 8.42 Å². The van der Waals surface area contributed by atoms with Gasteiger partial charge in [0.05, 0.1) is 3.79 Å². The highest BCUT2D eigenvalue weighted by Gasteiger charge is 2.14. The summed E-state index contributed by atoms with van der Waals surface area (Å²) in [5.74, 6) is 0. The zero-order chi connectivity index (χ0) is 13.9. The van der Waals surface area contributed by atoms with Crippen molar-refractivity contribution in [1.29, 1.82) is 5.26 Å². The van der Waals surface area contributed by atoms with Gasteiger partial charge in [-0.05, 0) is 40.2 Å². The number of nitriles is 1. The van der Waals surface area contributed by atoms with E-state index in [4.69, 9.17) is 5.26 Å². The number of hydrogen-bond donors (Lipinski definition) is 1. The van der Waals surface area contributed by atoms with Crippen LogP contribution >= 0.6 is 27.3 Å². The fraction of sp³-hybridized carbons (Fsp3) is 0.0909. The van der Waals surface area contributed by atoms with Gasteiger partial charge in [0.15, 0.2) is 0 Å². The molecule has 8 heteroatoms. The third-order valence-corrected chi connectivity index (χ3v) is 5.24. The minimum absolute atomic E-state index is 0.0436. The maximum absolute atomic E-state index is 12.0. The summed E-state index contributed by atoms with van der Waals surface area (Å²) >= 11 is 4.77. The monoisotopic (exact) mass is 357 g/mol. The van der Waals surface area contributed by atoms with Gasteiger partial charge < -0.3 is 0 Å². The molecule has 2 aromatic heterocycles. The number of nitrogens with one attached hydrogen (secondary N) is 1. The fourth-order valence-corrected chi connectivity index (χ4v) is 3.77. The van der Waals surface area contributed by atoms with Crippen LogP contribution in [-0.4, -0.2) is 13.4 Å². The quantitative estimate of drug-likeness (QED) is 0.909. The van der Waals surface area contributed by atoms with Crippen LogP contribution < -0.4 is 4.72 Å². The molecule has 98 valence electrons. The molecule has 0 aromatic carbocycles. The van der Waals surface area contributed by atoms with Crippen molar-refractivity contribution in [2.75, 3.05) is 0 Å². The number of hydrogen-bond acceptors (Lipinski definition) is 5. The highest BCUT2D eigenvalue weighted by Crippen LogP contribution is 2.22. The normalized spacial score (nSPS) is 11.2. The number of rotatable bonds is 4. The van der Waals surface area contributed by atoms with Gasteiger partial charge in [-0.3, -0.25) is 0 Å². The zero-order valence-electron chi connectivity index (χ0n) is 9.50. The Morgan fingerprint density at radius 2 is 2.16 bits per heavy atom. The molecule has 0 amide bonds. The van der Waals surface area contributed by atoms with Crippen LogP contribution in [0.1, 0.15) is 10.6 Å². The van der Waals surface area contributed by atoms with Crippen molar-refractivity contribution in [2.45, 2.75) is 11.4 Å². The summed E-state index contributed by atoms with van der Waals surface area (Å²) in [5, 5.41) is 8.61. The van der Waals surface area contributed by atoms with Crippen LogP contribution in [0.5, 0.6) is 0 Å². The van der Waals surface area contributed by atoms with Crippen LogP contribution in [0, 0.1) is 11.3 Å². The predicted molar refractivity (Wildman–Crippen MR) is 75.0 cm³/mol. The van der Waals surface area contributed by atoms with Gasteiger partial charge in [0.2, 0.25) is 10.0 Å². The van der Waals surface area contributed by atoms with Crippen molar-refractivity contribution in [3.8, 4) is 6.07 Å². The second kappa shape index (κ2) is 5.79. The Morgan fingerprint density at radius 1 is 1.37 bits per heavy atom. The maximum Gasteiger partial charge on any atom is 0.242 e. The number of nitrogens with zero attached hydrogens (tertiary/aromatic N) is 2. The number of pyridine rings is 1. The van der Waals surface area contributed by atoms with E-state index < -0.39 is 10.0 Å². The summed E-state index contributed by atoms with van der Waals surface area (Å²) in [4.78, 5) is 4.68. The van der Waals surface area contributed by atoms with Crippen molar-refractivity contribution in [3.05, 3.63) is 44.8 Å². The van der Waals surface area contributed by atoms with Gasteiger partial charge in [-0.25, -0.2) is 18.1 Å². The minimum Gasteiger partial charge on any atom is -0.244 e. The van der Waals surface area contributed by atoms with Crippen molar-refractivity contribution < 1.29 is 8.42 Å². The third-order valence-electron chi connectivity index (χ3n) is 2.23. The molecule has 0 atom stereocenters. The first-order valence-corrected chi connectivity index (χ1v) is 8.20. The third kappa shape index (κ3) is 3.61. The average molecular weight is 358 g/mol. The van der Waals surface area contributed by atoms with E-state index in [0.29, 0.717) is 0 Å². The Bertz CT molecular complexity index is 717. The van der Waals surface area contributed by atoms with E-state index >= 15 is 0 Å². The molecule has 0 saturated carbocycles. The molecule has 0 spiro atoms. The molecule has 5 nitrogen and oxygen atoms in total. The molecular weight excluding hydrogens is 350 g/mol. The second-order valence-corrected chi connectivity index (χ2v) is 7.84. The van der Waals surface area contributed by atoms with Gasteiger partial charge in [0.25, 0.3) is 0 Å². The molecule has 0 fully saturated rings. The van der Waals surface area contributed by atoms with Gasteiger partial charge in [0, 0.05) is 17.6 Å². The highest BCUT2D eigenvalue weighted by atomic mass is 79.9. The van der Waals surface area contributed by atoms with Crippen LogP contribution in [0.15, 0.2) is 39.1 Å². The lowest BCUT2D eigenvalue weighted by Crippen LogP contribution is -2.22. The SMILES string of the molecule is N#Cc1ccc(S(=O)(=O)NCc2ccc(Br)s2)cn1. The standard InChI is InChI=1S/C11H8BrN3O2S2/c12-11-4-2-9(18-11)6-15-19(16,17)10-3-1-8(5-13)14-7-10/h1-4,7,15H,6H2. The van der Waals surface area contributed by atoms with Gasteiger partial charge >= 0.3 is 0 Å². The smallest absolute Gasteiger partial charge is 0.242 e. The molecular formula is C11H8BrN3O2S2. The molecule has 0 saturated heterocycles. The molecule has 1 N–H and O–H groups in total. The topological polar surface area (TPSA) is 82.8 Å². The Kier molecular flexibility index (Phi) is 4.31. The van der Waals surface area contributed by atoms with Gasteiger partial charge in [-0.1, -0.05) is 0 Å². The van der Waals surface area contributed by atoms with E-state index in [1.54, 1.807) is 0 Å². The summed E-state index contributed by atoms with van der Waals surface area (Å²) in [6.07, 6.45) is 1.17. The molecule has 0 unspecified atom stereocenters. The lowest BCUT2D eigenvalue weighted by molar-refractivity contribution is 0.581. The van der Waals surface area contributed by atoms with Gasteiger partial charge in [-0.2, -0.15) is 5.26 Å². The molecule has 0 radical (unpaired) electrons. The second-order valence-electron chi connectivity index (χ2n) is 3.52. The predicted octanol–water partition coefficient (Wildman–Crippen LogP) is 2.26. The summed E-state index contributed by atoms with van der Waals surface area (Å²) in [6, 6.07) is 8.27. The number of halogens is 1. The van der Waals surface area contributed by atoms with Crippen molar-refractivity contribution in [1.82, 2.24) is 9.71 Å². The lowest BCUT2D eigenvalue weighted by Gasteiger charge is -2.04. The van der Waals surface area contributed by atoms with Crippen LogP contribution in [-0.2, 0) is 16.6 Å². The van der Waals surface area contributed by atoms with Gasteiger partial charge in [0.1, 0.15) is 16.7 Å². The first-order valence-electron chi connectivity index (χ1n) is 5.11. The molecule has 2 heterocycles. The first-order chi connectivity index (χ1) is 9.01. The Morgan fingerprint density at radius 3 is 2.68 bits per heavy atom. The molecule has 19 heavy (non-hydrogen) atoms. The zero-order valence-corrected chi connectivity index (χ0v) is 12.7. The number of sulfonamides is 1. The maximum atomic E-state index is 12.0. The van der Waals surface area contributed by atoms with Crippen molar-refractivity contribution in [3.63, 3.8) is 0 Å². The summed E-state index contributed by atoms with van der Waals surface area (Å²) in [7, 11) is -3.60. The van der Waals surface area contributed by atoms with Gasteiger partial charge in [-0.15, -0.1) is 11.3 Å². The number of thiophene rings is 1. The average Bonchev–Trinajstić information content (AvgIpc) is 2.82.